The summed E-state index contributed by atoms with van der Waals surface area (Å²) in [5.41, 5.74) is 2.79. The van der Waals surface area contributed by atoms with Gasteiger partial charge < -0.3 is 14.5 Å². The summed E-state index contributed by atoms with van der Waals surface area (Å²) in [4.78, 5) is 19.2. The molecule has 1 atom stereocenters. The Balaban J connectivity index is 1.73. The molecule has 4 heterocycles. The zero-order chi connectivity index (χ0) is 19.5. The van der Waals surface area contributed by atoms with E-state index in [-0.39, 0.29) is 18.6 Å². The molecule has 0 aromatic carbocycles. The van der Waals surface area contributed by atoms with E-state index in [1.165, 1.54) is 0 Å². The molecule has 3 aromatic heterocycles. The van der Waals surface area contributed by atoms with Gasteiger partial charge in [0, 0.05) is 25.0 Å². The van der Waals surface area contributed by atoms with Crippen LogP contribution < -0.4 is 0 Å². The predicted octanol–water partition coefficient (Wildman–Crippen LogP) is 2.60. The van der Waals surface area contributed by atoms with Gasteiger partial charge in [-0.05, 0) is 38.3 Å². The topological polar surface area (TPSA) is 97.3 Å². The number of hydrogen-bond donors (Lipinski definition) is 1. The van der Waals surface area contributed by atoms with Crippen LogP contribution in [0, 0.1) is 6.92 Å². The van der Waals surface area contributed by atoms with Gasteiger partial charge in [0.1, 0.15) is 5.69 Å². The van der Waals surface area contributed by atoms with Crippen LogP contribution >= 0.6 is 0 Å². The van der Waals surface area contributed by atoms with Gasteiger partial charge in [-0.15, -0.1) is 0 Å². The number of carbonyl (C=O) groups excluding carboxylic acids is 1. The number of carbonyl (C=O) groups is 1. The molecule has 1 aliphatic heterocycles. The summed E-state index contributed by atoms with van der Waals surface area (Å²) in [7, 11) is 0. The monoisotopic (exact) mass is 381 g/mol. The molecule has 1 saturated heterocycles. The second-order valence-electron chi connectivity index (χ2n) is 6.97. The number of nitrogens with zero attached hydrogens (tertiary/aromatic N) is 5. The van der Waals surface area contributed by atoms with Gasteiger partial charge in [-0.2, -0.15) is 5.10 Å². The Morgan fingerprint density at radius 1 is 1.36 bits per heavy atom. The first kappa shape index (κ1) is 18.4. The third-order valence-electron chi connectivity index (χ3n) is 4.98. The van der Waals surface area contributed by atoms with E-state index < -0.39 is 0 Å². The smallest absolute Gasteiger partial charge is 0.273 e. The molecule has 0 saturated carbocycles. The summed E-state index contributed by atoms with van der Waals surface area (Å²) >= 11 is 0. The van der Waals surface area contributed by atoms with Crippen molar-refractivity contribution in [1.82, 2.24) is 24.8 Å². The summed E-state index contributed by atoms with van der Waals surface area (Å²) in [6.45, 7) is 2.88. The maximum absolute atomic E-state index is 13.1. The third-order valence-corrected chi connectivity index (χ3v) is 4.98. The lowest BCUT2D eigenvalue weighted by molar-refractivity contribution is 0.0599. The van der Waals surface area contributed by atoms with Crippen LogP contribution in [0.25, 0.3) is 11.3 Å². The van der Waals surface area contributed by atoms with Gasteiger partial charge in [0.05, 0.1) is 36.1 Å². The van der Waals surface area contributed by atoms with Gasteiger partial charge in [0.15, 0.2) is 5.76 Å². The number of hydrogen-bond acceptors (Lipinski definition) is 6. The molecule has 1 fully saturated rings. The average Bonchev–Trinajstić information content (AvgIpc) is 3.34. The molecule has 28 heavy (non-hydrogen) atoms. The fourth-order valence-electron chi connectivity index (χ4n) is 3.68. The molecule has 1 aliphatic rings. The molecule has 4 rings (SSSR count). The number of aryl methyl sites for hydroxylation is 1. The molecule has 1 amide bonds. The highest BCUT2D eigenvalue weighted by molar-refractivity contribution is 5.92. The Hall–Kier alpha value is -3.00. The highest BCUT2D eigenvalue weighted by atomic mass is 16.5. The lowest BCUT2D eigenvalue weighted by atomic mass is 9.96. The minimum absolute atomic E-state index is 0.0166. The van der Waals surface area contributed by atoms with Gasteiger partial charge in [-0.3, -0.25) is 14.5 Å². The van der Waals surface area contributed by atoms with Gasteiger partial charge in [0.25, 0.3) is 5.91 Å². The van der Waals surface area contributed by atoms with Crippen molar-refractivity contribution in [2.24, 2.45) is 0 Å². The van der Waals surface area contributed by atoms with E-state index in [1.54, 1.807) is 23.0 Å². The number of aliphatic hydroxyl groups is 1. The summed E-state index contributed by atoms with van der Waals surface area (Å²) in [6, 6.07) is 7.03. The molecular weight excluding hydrogens is 358 g/mol. The maximum atomic E-state index is 13.1. The van der Waals surface area contributed by atoms with Crippen LogP contribution in [-0.4, -0.2) is 49.0 Å². The van der Waals surface area contributed by atoms with Gasteiger partial charge in [-0.25, -0.2) is 0 Å². The number of aromatic nitrogens is 4. The molecule has 8 nitrogen and oxygen atoms in total. The van der Waals surface area contributed by atoms with Crippen molar-refractivity contribution in [1.29, 1.82) is 0 Å². The van der Waals surface area contributed by atoms with Crippen molar-refractivity contribution in [3.05, 3.63) is 53.7 Å². The molecule has 0 radical (unpaired) electrons. The van der Waals surface area contributed by atoms with Crippen molar-refractivity contribution < 1.29 is 14.4 Å². The van der Waals surface area contributed by atoms with Crippen LogP contribution in [0.3, 0.4) is 0 Å². The second kappa shape index (κ2) is 7.93. The molecule has 146 valence electrons. The van der Waals surface area contributed by atoms with E-state index in [9.17, 15) is 9.90 Å². The summed E-state index contributed by atoms with van der Waals surface area (Å²) < 4.78 is 7.17. The molecule has 1 N–H and O–H groups in total. The Labute approximate surface area is 162 Å². The van der Waals surface area contributed by atoms with Crippen LogP contribution in [0.15, 0.2) is 41.2 Å². The standard InChI is InChI=1S/C20H23N5O3/c1-14-12-18(28-23-14)15-13-24(10-11-26)22-19(15)17-7-3-5-9-25(17)20(27)16-6-2-4-8-21-16/h2,4,6,8,12-13,17,26H,3,5,7,9-11H2,1H3/t17-/m1/s1. The predicted molar refractivity (Wildman–Crippen MR) is 101 cm³/mol. The minimum atomic E-state index is -0.177. The Morgan fingerprint density at radius 3 is 2.96 bits per heavy atom. The number of rotatable bonds is 5. The second-order valence-corrected chi connectivity index (χ2v) is 6.97. The van der Waals surface area contributed by atoms with Gasteiger partial charge in [-0.1, -0.05) is 11.2 Å². The molecule has 0 unspecified atom stereocenters. The van der Waals surface area contributed by atoms with E-state index in [0.717, 1.165) is 36.2 Å². The van der Waals surface area contributed by atoms with Crippen molar-refractivity contribution in [2.75, 3.05) is 13.2 Å². The first-order valence-corrected chi connectivity index (χ1v) is 9.51. The fourth-order valence-corrected chi connectivity index (χ4v) is 3.68. The third kappa shape index (κ3) is 3.55. The summed E-state index contributed by atoms with van der Waals surface area (Å²) in [5.74, 6) is 0.522. The Morgan fingerprint density at radius 2 is 2.25 bits per heavy atom. The number of pyridine rings is 1. The number of piperidine rings is 1. The SMILES string of the molecule is Cc1cc(-c2cn(CCO)nc2[C@H]2CCCCN2C(=O)c2ccccn2)on1. The summed E-state index contributed by atoms with van der Waals surface area (Å²) in [6.07, 6.45) is 6.25. The Bertz CT molecular complexity index is 950. The fraction of sp³-hybridized carbons (Fsp3) is 0.400. The first-order chi connectivity index (χ1) is 13.7. The van der Waals surface area contributed by atoms with Crippen molar-refractivity contribution >= 4 is 5.91 Å². The quantitative estimate of drug-likeness (QED) is 0.730. The van der Waals surface area contributed by atoms with Crippen LogP contribution in [0.1, 0.15) is 47.2 Å². The molecule has 0 bridgehead atoms. The Kier molecular flexibility index (Phi) is 5.21. The minimum Gasteiger partial charge on any atom is -0.394 e. The lowest BCUT2D eigenvalue weighted by Crippen LogP contribution is -2.39. The molecule has 8 heteroatoms. The number of amides is 1. The van der Waals surface area contributed by atoms with Crippen molar-refractivity contribution in [3.63, 3.8) is 0 Å². The molecular formula is C20H23N5O3. The highest BCUT2D eigenvalue weighted by Crippen LogP contribution is 2.37. The van der Waals surface area contributed by atoms with Crippen LogP contribution in [0.5, 0.6) is 0 Å². The van der Waals surface area contributed by atoms with E-state index in [4.69, 9.17) is 9.62 Å². The summed E-state index contributed by atoms with van der Waals surface area (Å²) in [5, 5.41) is 18.0. The van der Waals surface area contributed by atoms with Crippen LogP contribution in [0.4, 0.5) is 0 Å². The van der Waals surface area contributed by atoms with E-state index >= 15 is 0 Å². The van der Waals surface area contributed by atoms with E-state index in [0.29, 0.717) is 24.5 Å². The zero-order valence-corrected chi connectivity index (χ0v) is 15.8. The van der Waals surface area contributed by atoms with E-state index in [1.807, 2.05) is 30.2 Å². The number of aliphatic hydroxyl groups excluding tert-OH is 1. The molecule has 0 spiro atoms. The van der Waals surface area contributed by atoms with Crippen LogP contribution in [0.2, 0.25) is 0 Å². The van der Waals surface area contributed by atoms with Gasteiger partial charge >= 0.3 is 0 Å². The average molecular weight is 381 g/mol. The zero-order valence-electron chi connectivity index (χ0n) is 15.8. The van der Waals surface area contributed by atoms with Crippen molar-refractivity contribution in [3.8, 4) is 11.3 Å². The maximum Gasteiger partial charge on any atom is 0.273 e. The normalized spacial score (nSPS) is 17.1. The van der Waals surface area contributed by atoms with E-state index in [2.05, 4.69) is 10.1 Å². The first-order valence-electron chi connectivity index (χ1n) is 9.51. The molecule has 3 aromatic rings. The number of likely N-dealkylation sites (tertiary alicyclic amines) is 1. The molecule has 0 aliphatic carbocycles. The largest absolute Gasteiger partial charge is 0.394 e. The lowest BCUT2D eigenvalue weighted by Gasteiger charge is -2.35. The van der Waals surface area contributed by atoms with Crippen LogP contribution in [-0.2, 0) is 6.54 Å². The highest BCUT2D eigenvalue weighted by Gasteiger charge is 2.33. The van der Waals surface area contributed by atoms with Gasteiger partial charge in [0.2, 0.25) is 0 Å². The van der Waals surface area contributed by atoms with Crippen molar-refractivity contribution in [2.45, 2.75) is 38.8 Å².